The minimum atomic E-state index is -0.158. The molecule has 2 aliphatic heterocycles. The standard InChI is InChI=1S/C20H26N6O2S/c1-11-17(29-12(2)22-11)20(28)26-8-5-6-16(26)19-23-15-10-25(13(3)27)9-7-14(15)18(21-4)24-19/h16H,5-10H2,1-4H3,(H,21,23,24). The van der Waals surface area contributed by atoms with E-state index in [0.29, 0.717) is 30.3 Å². The second-order valence-corrected chi connectivity index (χ2v) is 8.80. The summed E-state index contributed by atoms with van der Waals surface area (Å²) in [4.78, 5) is 43.5. The van der Waals surface area contributed by atoms with E-state index in [4.69, 9.17) is 9.97 Å². The molecule has 2 aliphatic rings. The Morgan fingerprint density at radius 3 is 2.62 bits per heavy atom. The summed E-state index contributed by atoms with van der Waals surface area (Å²) in [5, 5.41) is 4.08. The third kappa shape index (κ3) is 3.59. The van der Waals surface area contributed by atoms with Crippen LogP contribution in [0, 0.1) is 13.8 Å². The van der Waals surface area contributed by atoms with Gasteiger partial charge < -0.3 is 15.1 Å². The largest absolute Gasteiger partial charge is 0.373 e. The fraction of sp³-hybridized carbons (Fsp3) is 0.550. The number of fused-ring (bicyclic) bond motifs is 1. The van der Waals surface area contributed by atoms with Gasteiger partial charge in [0.2, 0.25) is 5.91 Å². The van der Waals surface area contributed by atoms with E-state index in [0.717, 1.165) is 47.0 Å². The number of hydrogen-bond donors (Lipinski definition) is 1. The van der Waals surface area contributed by atoms with Crippen molar-refractivity contribution in [2.45, 2.75) is 52.6 Å². The Labute approximate surface area is 174 Å². The Morgan fingerprint density at radius 2 is 1.97 bits per heavy atom. The summed E-state index contributed by atoms with van der Waals surface area (Å²) in [5.74, 6) is 1.52. The predicted octanol–water partition coefficient (Wildman–Crippen LogP) is 2.47. The smallest absolute Gasteiger partial charge is 0.266 e. The quantitative estimate of drug-likeness (QED) is 0.830. The summed E-state index contributed by atoms with van der Waals surface area (Å²) in [7, 11) is 1.85. The molecule has 2 aromatic rings. The molecule has 4 heterocycles. The number of rotatable bonds is 3. The van der Waals surface area contributed by atoms with E-state index in [1.807, 2.05) is 25.8 Å². The summed E-state index contributed by atoms with van der Waals surface area (Å²) in [5.41, 5.74) is 2.73. The molecule has 1 fully saturated rings. The zero-order valence-electron chi connectivity index (χ0n) is 17.3. The fourth-order valence-corrected chi connectivity index (χ4v) is 5.09. The summed E-state index contributed by atoms with van der Waals surface area (Å²) >= 11 is 1.44. The van der Waals surface area contributed by atoms with E-state index in [-0.39, 0.29) is 17.9 Å². The Hall–Kier alpha value is -2.55. The normalized spacial score (nSPS) is 18.7. The predicted molar refractivity (Wildman–Crippen MR) is 111 cm³/mol. The van der Waals surface area contributed by atoms with Crippen molar-refractivity contribution < 1.29 is 9.59 Å². The molecule has 0 bridgehead atoms. The second kappa shape index (κ2) is 7.70. The summed E-state index contributed by atoms with van der Waals surface area (Å²) in [6.45, 7) is 7.24. The molecular weight excluding hydrogens is 388 g/mol. The zero-order valence-corrected chi connectivity index (χ0v) is 18.1. The van der Waals surface area contributed by atoms with Crippen molar-refractivity contribution in [1.29, 1.82) is 0 Å². The number of nitrogens with one attached hydrogen (secondary N) is 1. The molecule has 0 aliphatic carbocycles. The van der Waals surface area contributed by atoms with Crippen LogP contribution in [-0.2, 0) is 17.8 Å². The first-order valence-electron chi connectivity index (χ1n) is 9.97. The van der Waals surface area contributed by atoms with Crippen LogP contribution in [0.15, 0.2) is 0 Å². The maximum absolute atomic E-state index is 13.2. The van der Waals surface area contributed by atoms with Gasteiger partial charge in [-0.2, -0.15) is 0 Å². The minimum absolute atomic E-state index is 0.00768. The van der Waals surface area contributed by atoms with Gasteiger partial charge in [0.25, 0.3) is 5.91 Å². The highest BCUT2D eigenvalue weighted by Gasteiger charge is 2.35. The number of hydrogen-bond acceptors (Lipinski definition) is 7. The third-order valence-electron chi connectivity index (χ3n) is 5.67. The Bertz CT molecular complexity index is 972. The molecule has 0 saturated carbocycles. The summed E-state index contributed by atoms with van der Waals surface area (Å²) in [6.07, 6.45) is 2.49. The van der Waals surface area contributed by atoms with Gasteiger partial charge in [-0.3, -0.25) is 9.59 Å². The van der Waals surface area contributed by atoms with Crippen molar-refractivity contribution in [2.75, 3.05) is 25.5 Å². The second-order valence-electron chi connectivity index (χ2n) is 7.60. The number of aromatic nitrogens is 3. The average molecular weight is 415 g/mol. The number of likely N-dealkylation sites (tertiary alicyclic amines) is 1. The van der Waals surface area contributed by atoms with Crippen molar-refractivity contribution in [2.24, 2.45) is 0 Å². The fourth-order valence-electron chi connectivity index (χ4n) is 4.21. The van der Waals surface area contributed by atoms with Gasteiger partial charge in [0, 0.05) is 32.6 Å². The van der Waals surface area contributed by atoms with Crippen LogP contribution in [0.4, 0.5) is 5.82 Å². The lowest BCUT2D eigenvalue weighted by Gasteiger charge is -2.30. The van der Waals surface area contributed by atoms with Crippen molar-refractivity contribution in [3.63, 3.8) is 0 Å². The molecule has 2 amide bonds. The molecule has 1 saturated heterocycles. The van der Waals surface area contributed by atoms with Crippen LogP contribution >= 0.6 is 11.3 Å². The number of amides is 2. The first-order chi connectivity index (χ1) is 13.9. The highest BCUT2D eigenvalue weighted by atomic mass is 32.1. The van der Waals surface area contributed by atoms with Gasteiger partial charge in [-0.05, 0) is 33.1 Å². The van der Waals surface area contributed by atoms with Crippen molar-refractivity contribution >= 4 is 29.0 Å². The Kier molecular flexibility index (Phi) is 5.24. The number of anilines is 1. The molecule has 0 aromatic carbocycles. The topological polar surface area (TPSA) is 91.3 Å². The van der Waals surface area contributed by atoms with E-state index in [2.05, 4.69) is 10.3 Å². The number of carbonyl (C=O) groups excluding carboxylic acids is 2. The van der Waals surface area contributed by atoms with E-state index >= 15 is 0 Å². The van der Waals surface area contributed by atoms with Gasteiger partial charge in [0.15, 0.2) is 5.82 Å². The summed E-state index contributed by atoms with van der Waals surface area (Å²) < 4.78 is 0. The van der Waals surface area contributed by atoms with Crippen LogP contribution < -0.4 is 5.32 Å². The van der Waals surface area contributed by atoms with E-state index in [9.17, 15) is 9.59 Å². The van der Waals surface area contributed by atoms with Crippen molar-refractivity contribution in [3.05, 3.63) is 32.7 Å². The molecule has 154 valence electrons. The number of aryl methyl sites for hydroxylation is 2. The molecule has 1 N–H and O–H groups in total. The molecule has 4 rings (SSSR count). The number of thiazole rings is 1. The molecule has 1 atom stereocenters. The first kappa shape index (κ1) is 19.8. The van der Waals surface area contributed by atoms with E-state index in [1.165, 1.54) is 11.3 Å². The molecule has 29 heavy (non-hydrogen) atoms. The van der Waals surface area contributed by atoms with Crippen LogP contribution in [0.3, 0.4) is 0 Å². The van der Waals surface area contributed by atoms with Gasteiger partial charge in [-0.25, -0.2) is 15.0 Å². The molecule has 8 nitrogen and oxygen atoms in total. The lowest BCUT2D eigenvalue weighted by Crippen LogP contribution is -2.36. The van der Waals surface area contributed by atoms with Gasteiger partial charge in [-0.15, -0.1) is 11.3 Å². The molecule has 0 spiro atoms. The maximum atomic E-state index is 13.2. The first-order valence-corrected chi connectivity index (χ1v) is 10.8. The van der Waals surface area contributed by atoms with E-state index in [1.54, 1.807) is 11.8 Å². The van der Waals surface area contributed by atoms with Gasteiger partial charge in [0.05, 0.1) is 29.0 Å². The van der Waals surface area contributed by atoms with E-state index < -0.39 is 0 Å². The molecule has 9 heteroatoms. The van der Waals surface area contributed by atoms with Gasteiger partial charge in [0.1, 0.15) is 10.7 Å². The highest BCUT2D eigenvalue weighted by molar-refractivity contribution is 7.13. The molecule has 0 radical (unpaired) electrons. The number of carbonyl (C=O) groups is 2. The third-order valence-corrected chi connectivity index (χ3v) is 6.73. The lowest BCUT2D eigenvalue weighted by molar-refractivity contribution is -0.129. The zero-order chi connectivity index (χ0) is 20.7. The van der Waals surface area contributed by atoms with Crippen LogP contribution in [0.5, 0.6) is 0 Å². The van der Waals surface area contributed by atoms with Crippen LogP contribution in [0.25, 0.3) is 0 Å². The van der Waals surface area contributed by atoms with Crippen LogP contribution in [-0.4, -0.2) is 56.7 Å². The molecule has 1 unspecified atom stereocenters. The van der Waals surface area contributed by atoms with Crippen LogP contribution in [0.1, 0.15) is 63.3 Å². The molecular formula is C20H26N6O2S. The highest BCUT2D eigenvalue weighted by Crippen LogP contribution is 2.35. The Morgan fingerprint density at radius 1 is 1.17 bits per heavy atom. The number of nitrogens with zero attached hydrogens (tertiary/aromatic N) is 5. The van der Waals surface area contributed by atoms with Gasteiger partial charge >= 0.3 is 0 Å². The van der Waals surface area contributed by atoms with Gasteiger partial charge in [-0.1, -0.05) is 0 Å². The van der Waals surface area contributed by atoms with Crippen LogP contribution in [0.2, 0.25) is 0 Å². The Balaban J connectivity index is 1.68. The maximum Gasteiger partial charge on any atom is 0.266 e. The minimum Gasteiger partial charge on any atom is -0.373 e. The van der Waals surface area contributed by atoms with Crippen molar-refractivity contribution in [1.82, 2.24) is 24.8 Å². The lowest BCUT2D eigenvalue weighted by atomic mass is 10.0. The molecule has 2 aromatic heterocycles. The SMILES string of the molecule is CNc1nc(C2CCCN2C(=O)c2sc(C)nc2C)nc2c1CCN(C(C)=O)C2. The summed E-state index contributed by atoms with van der Waals surface area (Å²) in [6, 6.07) is -0.158. The average Bonchev–Trinajstić information content (AvgIpc) is 3.32. The monoisotopic (exact) mass is 414 g/mol. The van der Waals surface area contributed by atoms with Crippen molar-refractivity contribution in [3.8, 4) is 0 Å².